The molecule has 0 aliphatic rings. The SMILES string of the molecule is CC(O)C(N)N(C)Nc1cccc(Cl)c1. The van der Waals surface area contributed by atoms with E-state index in [0.29, 0.717) is 5.02 Å². The van der Waals surface area contributed by atoms with Crippen LogP contribution >= 0.6 is 11.6 Å². The Morgan fingerprint density at radius 3 is 2.73 bits per heavy atom. The lowest BCUT2D eigenvalue weighted by Crippen LogP contribution is -2.49. The van der Waals surface area contributed by atoms with Crippen molar-refractivity contribution in [2.75, 3.05) is 12.5 Å². The minimum absolute atomic E-state index is 0.469. The van der Waals surface area contributed by atoms with Crippen molar-refractivity contribution < 1.29 is 5.11 Å². The Labute approximate surface area is 94.6 Å². The Kier molecular flexibility index (Phi) is 4.35. The third kappa shape index (κ3) is 3.68. The fourth-order valence-electron chi connectivity index (χ4n) is 1.16. The molecule has 0 aromatic heterocycles. The lowest BCUT2D eigenvalue weighted by molar-refractivity contribution is 0.0933. The number of nitrogens with one attached hydrogen (secondary N) is 1. The molecular formula is C10H16ClN3O. The van der Waals surface area contributed by atoms with Gasteiger partial charge in [0.15, 0.2) is 0 Å². The van der Waals surface area contributed by atoms with Crippen molar-refractivity contribution in [3.63, 3.8) is 0 Å². The van der Waals surface area contributed by atoms with E-state index in [0.717, 1.165) is 5.69 Å². The summed E-state index contributed by atoms with van der Waals surface area (Å²) in [5, 5.41) is 11.6. The molecule has 0 spiro atoms. The van der Waals surface area contributed by atoms with Crippen LogP contribution in [0.15, 0.2) is 24.3 Å². The molecule has 0 aliphatic heterocycles. The number of aliphatic hydroxyl groups is 1. The minimum atomic E-state index is -0.610. The largest absolute Gasteiger partial charge is 0.390 e. The quantitative estimate of drug-likeness (QED) is 0.538. The molecule has 2 atom stereocenters. The maximum absolute atomic E-state index is 9.29. The Bertz CT molecular complexity index is 319. The molecular weight excluding hydrogens is 214 g/mol. The first-order chi connectivity index (χ1) is 7.00. The second-order valence-electron chi connectivity index (χ2n) is 3.46. The Balaban J connectivity index is 2.62. The molecule has 1 rings (SSSR count). The number of aliphatic hydroxyl groups excluding tert-OH is 1. The number of hydrogen-bond donors (Lipinski definition) is 3. The van der Waals surface area contributed by atoms with Gasteiger partial charge in [0, 0.05) is 12.1 Å². The van der Waals surface area contributed by atoms with E-state index in [4.69, 9.17) is 17.3 Å². The first kappa shape index (κ1) is 12.3. The fraction of sp³-hybridized carbons (Fsp3) is 0.400. The molecule has 0 aliphatic carbocycles. The first-order valence-corrected chi connectivity index (χ1v) is 5.07. The van der Waals surface area contributed by atoms with Gasteiger partial charge in [0.25, 0.3) is 0 Å². The van der Waals surface area contributed by atoms with Crippen LogP contribution in [0.5, 0.6) is 0 Å². The summed E-state index contributed by atoms with van der Waals surface area (Å²) in [7, 11) is 1.76. The van der Waals surface area contributed by atoms with Gasteiger partial charge in [-0.3, -0.25) is 0 Å². The normalized spacial score (nSPS) is 15.1. The van der Waals surface area contributed by atoms with E-state index < -0.39 is 12.3 Å². The van der Waals surface area contributed by atoms with Crippen LogP contribution < -0.4 is 11.2 Å². The third-order valence-electron chi connectivity index (χ3n) is 2.07. The van der Waals surface area contributed by atoms with Crippen LogP contribution in [-0.2, 0) is 0 Å². The van der Waals surface area contributed by atoms with E-state index in [-0.39, 0.29) is 0 Å². The van der Waals surface area contributed by atoms with E-state index in [1.165, 1.54) is 0 Å². The topological polar surface area (TPSA) is 61.5 Å². The average Bonchev–Trinajstić information content (AvgIpc) is 2.16. The van der Waals surface area contributed by atoms with E-state index >= 15 is 0 Å². The fourth-order valence-corrected chi connectivity index (χ4v) is 1.35. The van der Waals surface area contributed by atoms with Gasteiger partial charge in [0.1, 0.15) is 6.17 Å². The number of hydrogen-bond acceptors (Lipinski definition) is 4. The zero-order valence-electron chi connectivity index (χ0n) is 8.81. The van der Waals surface area contributed by atoms with Crippen LogP contribution in [0.25, 0.3) is 0 Å². The second kappa shape index (κ2) is 5.32. The van der Waals surface area contributed by atoms with Crippen molar-refractivity contribution in [1.82, 2.24) is 5.01 Å². The van der Waals surface area contributed by atoms with Gasteiger partial charge < -0.3 is 16.3 Å². The van der Waals surface area contributed by atoms with E-state index in [1.807, 2.05) is 12.1 Å². The molecule has 2 unspecified atom stereocenters. The highest BCUT2D eigenvalue weighted by atomic mass is 35.5. The summed E-state index contributed by atoms with van der Waals surface area (Å²) in [6.07, 6.45) is -1.08. The molecule has 0 amide bonds. The van der Waals surface area contributed by atoms with Crippen molar-refractivity contribution in [3.05, 3.63) is 29.3 Å². The number of hydrazine groups is 1. The van der Waals surface area contributed by atoms with Crippen molar-refractivity contribution in [1.29, 1.82) is 0 Å². The monoisotopic (exact) mass is 229 g/mol. The van der Waals surface area contributed by atoms with Crippen molar-refractivity contribution in [2.24, 2.45) is 5.73 Å². The summed E-state index contributed by atoms with van der Waals surface area (Å²) in [5.74, 6) is 0. The maximum Gasteiger partial charge on any atom is 0.101 e. The predicted molar refractivity (Wildman–Crippen MR) is 62.5 cm³/mol. The minimum Gasteiger partial charge on any atom is -0.390 e. The first-order valence-electron chi connectivity index (χ1n) is 4.69. The lowest BCUT2D eigenvalue weighted by atomic mass is 10.3. The molecule has 0 radical (unpaired) electrons. The van der Waals surface area contributed by atoms with Crippen LogP contribution in [0.2, 0.25) is 5.02 Å². The summed E-state index contributed by atoms with van der Waals surface area (Å²) < 4.78 is 0. The lowest BCUT2D eigenvalue weighted by Gasteiger charge is -2.27. The molecule has 0 bridgehead atoms. The summed E-state index contributed by atoms with van der Waals surface area (Å²) in [6, 6.07) is 7.29. The molecule has 1 aromatic carbocycles. The van der Waals surface area contributed by atoms with Gasteiger partial charge in [-0.25, -0.2) is 5.01 Å². The molecule has 5 heteroatoms. The predicted octanol–water partition coefficient (Wildman–Crippen LogP) is 1.26. The molecule has 0 saturated heterocycles. The standard InChI is InChI=1S/C10H16ClN3O/c1-7(15)10(12)14(2)13-9-5-3-4-8(11)6-9/h3-7,10,13,15H,12H2,1-2H3. The van der Waals surface area contributed by atoms with E-state index in [2.05, 4.69) is 5.43 Å². The van der Waals surface area contributed by atoms with Gasteiger partial charge in [0.2, 0.25) is 0 Å². The summed E-state index contributed by atoms with van der Waals surface area (Å²) >= 11 is 5.83. The van der Waals surface area contributed by atoms with Gasteiger partial charge in [-0.2, -0.15) is 0 Å². The molecule has 0 saturated carbocycles. The molecule has 0 heterocycles. The van der Waals surface area contributed by atoms with Crippen LogP contribution in [0.4, 0.5) is 5.69 Å². The van der Waals surface area contributed by atoms with Crippen molar-refractivity contribution in [3.8, 4) is 0 Å². The average molecular weight is 230 g/mol. The molecule has 4 nitrogen and oxygen atoms in total. The summed E-state index contributed by atoms with van der Waals surface area (Å²) in [5.41, 5.74) is 9.59. The number of nitrogens with two attached hydrogens (primary N) is 1. The maximum atomic E-state index is 9.29. The Hall–Kier alpha value is -0.810. The summed E-state index contributed by atoms with van der Waals surface area (Å²) in [4.78, 5) is 0. The molecule has 15 heavy (non-hydrogen) atoms. The number of benzene rings is 1. The third-order valence-corrected chi connectivity index (χ3v) is 2.31. The van der Waals surface area contributed by atoms with Gasteiger partial charge >= 0.3 is 0 Å². The van der Waals surface area contributed by atoms with Crippen LogP contribution in [0, 0.1) is 0 Å². The van der Waals surface area contributed by atoms with E-state index in [9.17, 15) is 5.11 Å². The van der Waals surface area contributed by atoms with E-state index in [1.54, 1.807) is 31.1 Å². The molecule has 4 N–H and O–H groups in total. The zero-order chi connectivity index (χ0) is 11.4. The highest BCUT2D eigenvalue weighted by Crippen LogP contribution is 2.15. The molecule has 84 valence electrons. The molecule has 0 fully saturated rings. The highest BCUT2D eigenvalue weighted by molar-refractivity contribution is 6.30. The number of rotatable bonds is 4. The van der Waals surface area contributed by atoms with Gasteiger partial charge in [0.05, 0.1) is 11.8 Å². The van der Waals surface area contributed by atoms with Crippen molar-refractivity contribution >= 4 is 17.3 Å². The number of likely N-dealkylation sites (N-methyl/N-ethyl adjacent to an activating group) is 1. The van der Waals surface area contributed by atoms with Crippen molar-refractivity contribution in [2.45, 2.75) is 19.2 Å². The number of anilines is 1. The number of halogens is 1. The number of nitrogens with zero attached hydrogens (tertiary/aromatic N) is 1. The van der Waals surface area contributed by atoms with Crippen LogP contribution in [-0.4, -0.2) is 29.4 Å². The zero-order valence-corrected chi connectivity index (χ0v) is 9.57. The Morgan fingerprint density at radius 1 is 1.53 bits per heavy atom. The summed E-state index contributed by atoms with van der Waals surface area (Å²) in [6.45, 7) is 1.64. The van der Waals surface area contributed by atoms with Gasteiger partial charge in [-0.1, -0.05) is 17.7 Å². The molecule has 1 aromatic rings. The van der Waals surface area contributed by atoms with Gasteiger partial charge in [-0.05, 0) is 25.1 Å². The highest BCUT2D eigenvalue weighted by Gasteiger charge is 2.14. The van der Waals surface area contributed by atoms with Crippen LogP contribution in [0.3, 0.4) is 0 Å². The van der Waals surface area contributed by atoms with Crippen LogP contribution in [0.1, 0.15) is 6.92 Å². The van der Waals surface area contributed by atoms with Gasteiger partial charge in [-0.15, -0.1) is 0 Å². The second-order valence-corrected chi connectivity index (χ2v) is 3.90. The Morgan fingerprint density at radius 2 is 2.20 bits per heavy atom. The smallest absolute Gasteiger partial charge is 0.101 e.